The summed E-state index contributed by atoms with van der Waals surface area (Å²) in [5.74, 6) is 2.54. The number of para-hydroxylation sites is 2. The Morgan fingerprint density at radius 2 is 2.08 bits per heavy atom. The van der Waals surface area contributed by atoms with E-state index in [1.165, 1.54) is 0 Å². The lowest BCUT2D eigenvalue weighted by molar-refractivity contribution is -0.123. The molecule has 0 unspecified atom stereocenters. The second-order valence-electron chi connectivity index (χ2n) is 6.86. The number of amides is 1. The van der Waals surface area contributed by atoms with E-state index in [9.17, 15) is 9.90 Å². The third-order valence-electron chi connectivity index (χ3n) is 5.16. The van der Waals surface area contributed by atoms with E-state index in [1.54, 1.807) is 0 Å². The predicted octanol–water partition coefficient (Wildman–Crippen LogP) is 1.03. The van der Waals surface area contributed by atoms with E-state index in [0.29, 0.717) is 5.82 Å². The van der Waals surface area contributed by atoms with Gasteiger partial charge in [-0.05, 0) is 31.9 Å². The first-order chi connectivity index (χ1) is 12.6. The van der Waals surface area contributed by atoms with Gasteiger partial charge in [-0.2, -0.15) is 0 Å². The number of hydrogen-bond donors (Lipinski definition) is 2. The van der Waals surface area contributed by atoms with Gasteiger partial charge in [0.15, 0.2) is 5.82 Å². The summed E-state index contributed by atoms with van der Waals surface area (Å²) in [6.07, 6.45) is 1.68. The van der Waals surface area contributed by atoms with Gasteiger partial charge in [-0.1, -0.05) is 12.1 Å². The Morgan fingerprint density at radius 3 is 2.81 bits per heavy atom. The number of nitrogens with zero attached hydrogens (tertiary/aromatic N) is 5. The number of imidazole rings is 1. The van der Waals surface area contributed by atoms with Crippen LogP contribution in [0.1, 0.15) is 36.2 Å². The van der Waals surface area contributed by atoms with Crippen LogP contribution in [0.3, 0.4) is 0 Å². The fraction of sp³-hybridized carbons (Fsp3) is 0.444. The van der Waals surface area contributed by atoms with Gasteiger partial charge in [0.05, 0.1) is 11.0 Å². The normalized spacial score (nSPS) is 19.5. The predicted molar refractivity (Wildman–Crippen MR) is 95.3 cm³/mol. The van der Waals surface area contributed by atoms with Crippen LogP contribution in [0.25, 0.3) is 11.0 Å². The average Bonchev–Trinajstić information content (AvgIpc) is 3.11. The zero-order chi connectivity index (χ0) is 18.3. The Morgan fingerprint density at radius 1 is 1.31 bits per heavy atom. The van der Waals surface area contributed by atoms with Crippen molar-refractivity contribution in [3.05, 3.63) is 41.7 Å². The Kier molecular flexibility index (Phi) is 4.20. The van der Waals surface area contributed by atoms with Crippen molar-refractivity contribution in [3.63, 3.8) is 0 Å². The number of aliphatic hydroxyl groups is 1. The van der Waals surface area contributed by atoms with Crippen molar-refractivity contribution in [2.45, 2.75) is 44.9 Å². The first-order valence-corrected chi connectivity index (χ1v) is 8.77. The molecule has 0 atom stereocenters. The van der Waals surface area contributed by atoms with Gasteiger partial charge < -0.3 is 19.6 Å². The molecule has 1 aromatic carbocycles. The number of carbonyl (C=O) groups is 1. The molecule has 0 bridgehead atoms. The highest BCUT2D eigenvalue weighted by molar-refractivity contribution is 5.81. The van der Waals surface area contributed by atoms with E-state index in [4.69, 9.17) is 0 Å². The van der Waals surface area contributed by atoms with E-state index < -0.39 is 0 Å². The summed E-state index contributed by atoms with van der Waals surface area (Å²) in [6, 6.07) is 7.99. The maximum atomic E-state index is 12.4. The van der Waals surface area contributed by atoms with Gasteiger partial charge in [0.25, 0.3) is 0 Å². The fourth-order valence-electron chi connectivity index (χ4n) is 3.63. The van der Waals surface area contributed by atoms with Crippen molar-refractivity contribution in [1.82, 2.24) is 29.6 Å². The summed E-state index contributed by atoms with van der Waals surface area (Å²) < 4.78 is 3.78. The number of rotatable bonds is 5. The van der Waals surface area contributed by atoms with Crippen molar-refractivity contribution in [1.29, 1.82) is 0 Å². The number of fused-ring (bicyclic) bond motifs is 1. The summed E-state index contributed by atoms with van der Waals surface area (Å²) in [4.78, 5) is 16.9. The summed E-state index contributed by atoms with van der Waals surface area (Å²) in [5.41, 5.74) is 1.88. The van der Waals surface area contributed by atoms with E-state index in [1.807, 2.05) is 47.4 Å². The van der Waals surface area contributed by atoms with Crippen LogP contribution in [0.5, 0.6) is 0 Å². The number of aryl methyl sites for hydroxylation is 1. The van der Waals surface area contributed by atoms with Gasteiger partial charge in [-0.3, -0.25) is 4.79 Å². The minimum atomic E-state index is -0.116. The maximum absolute atomic E-state index is 12.4. The van der Waals surface area contributed by atoms with Gasteiger partial charge in [0, 0.05) is 19.0 Å². The molecule has 136 valence electrons. The van der Waals surface area contributed by atoms with Crippen molar-refractivity contribution in [2.24, 2.45) is 7.05 Å². The molecule has 1 fully saturated rings. The van der Waals surface area contributed by atoms with E-state index in [2.05, 4.69) is 20.5 Å². The maximum Gasteiger partial charge on any atom is 0.240 e. The van der Waals surface area contributed by atoms with Gasteiger partial charge in [0.2, 0.25) is 5.91 Å². The van der Waals surface area contributed by atoms with Gasteiger partial charge >= 0.3 is 0 Å². The Balaban J connectivity index is 1.36. The van der Waals surface area contributed by atoms with Crippen LogP contribution in [0, 0.1) is 6.92 Å². The zero-order valence-electron chi connectivity index (χ0n) is 14.9. The van der Waals surface area contributed by atoms with Crippen LogP contribution in [0.4, 0.5) is 0 Å². The minimum Gasteiger partial charge on any atom is -0.388 e. The molecule has 0 saturated heterocycles. The monoisotopic (exact) mass is 354 g/mol. The quantitative estimate of drug-likeness (QED) is 0.713. The fourth-order valence-corrected chi connectivity index (χ4v) is 3.63. The van der Waals surface area contributed by atoms with Gasteiger partial charge in [-0.15, -0.1) is 10.2 Å². The Bertz CT molecular complexity index is 954. The molecule has 1 amide bonds. The third kappa shape index (κ3) is 2.86. The molecule has 2 heterocycles. The number of benzene rings is 1. The van der Waals surface area contributed by atoms with Crippen LogP contribution < -0.4 is 5.32 Å². The molecule has 4 rings (SSSR count). The van der Waals surface area contributed by atoms with Gasteiger partial charge in [0.1, 0.15) is 24.8 Å². The molecule has 1 aliphatic carbocycles. The van der Waals surface area contributed by atoms with E-state index in [0.717, 1.165) is 35.5 Å². The lowest BCUT2D eigenvalue weighted by atomic mass is 9.79. The van der Waals surface area contributed by atoms with Crippen LogP contribution in [-0.2, 0) is 25.0 Å². The number of aromatic nitrogens is 5. The first-order valence-electron chi connectivity index (χ1n) is 8.77. The minimum absolute atomic E-state index is 0.00582. The molecule has 1 aliphatic rings. The molecule has 2 N–H and O–H groups in total. The SMILES string of the molecule is Cc1nc2ccccc2n1CC(=O)NC1CC(c2nnc(CO)n2C)C1. The molecule has 0 aliphatic heterocycles. The standard InChI is InChI=1S/C18H22N6O2/c1-11-19-14-5-3-4-6-15(14)24(11)9-17(26)20-13-7-12(8-13)18-22-21-16(10-25)23(18)2/h3-6,12-13,25H,7-10H2,1-2H3,(H,20,26). The molecule has 2 aromatic heterocycles. The topological polar surface area (TPSA) is 97.9 Å². The number of hydrogen-bond acceptors (Lipinski definition) is 5. The van der Waals surface area contributed by atoms with Crippen molar-refractivity contribution >= 4 is 16.9 Å². The van der Waals surface area contributed by atoms with Crippen LogP contribution in [-0.4, -0.2) is 41.4 Å². The molecular weight excluding hydrogens is 332 g/mol. The summed E-state index contributed by atoms with van der Waals surface area (Å²) in [6.45, 7) is 2.07. The Hall–Kier alpha value is -2.74. The molecule has 0 radical (unpaired) electrons. The van der Waals surface area contributed by atoms with Crippen molar-refractivity contribution < 1.29 is 9.90 Å². The molecule has 26 heavy (non-hydrogen) atoms. The number of aliphatic hydroxyl groups excluding tert-OH is 1. The molecule has 3 aromatic rings. The summed E-state index contributed by atoms with van der Waals surface area (Å²) in [5, 5.41) is 20.4. The van der Waals surface area contributed by atoms with E-state index in [-0.39, 0.29) is 31.0 Å². The van der Waals surface area contributed by atoms with Crippen LogP contribution in [0.15, 0.2) is 24.3 Å². The Labute approximate surface area is 150 Å². The molecule has 0 spiro atoms. The smallest absolute Gasteiger partial charge is 0.240 e. The highest BCUT2D eigenvalue weighted by Gasteiger charge is 2.34. The third-order valence-corrected chi connectivity index (χ3v) is 5.16. The molecule has 1 saturated carbocycles. The largest absolute Gasteiger partial charge is 0.388 e. The number of carbonyl (C=O) groups excluding carboxylic acids is 1. The average molecular weight is 354 g/mol. The van der Waals surface area contributed by atoms with Gasteiger partial charge in [-0.25, -0.2) is 4.98 Å². The van der Waals surface area contributed by atoms with Crippen molar-refractivity contribution in [3.8, 4) is 0 Å². The second-order valence-corrected chi connectivity index (χ2v) is 6.86. The molecule has 8 heteroatoms. The lowest BCUT2D eigenvalue weighted by Crippen LogP contribution is -2.45. The van der Waals surface area contributed by atoms with Crippen molar-refractivity contribution in [2.75, 3.05) is 0 Å². The highest BCUT2D eigenvalue weighted by Crippen LogP contribution is 2.35. The summed E-state index contributed by atoms with van der Waals surface area (Å²) in [7, 11) is 1.86. The lowest BCUT2D eigenvalue weighted by Gasteiger charge is -2.35. The van der Waals surface area contributed by atoms with Crippen LogP contribution >= 0.6 is 0 Å². The van der Waals surface area contributed by atoms with Crippen LogP contribution in [0.2, 0.25) is 0 Å². The second kappa shape index (κ2) is 6.53. The molecular formula is C18H22N6O2. The first kappa shape index (κ1) is 16.7. The van der Waals surface area contributed by atoms with E-state index >= 15 is 0 Å². The highest BCUT2D eigenvalue weighted by atomic mass is 16.3. The number of nitrogens with one attached hydrogen (secondary N) is 1. The molecule has 8 nitrogen and oxygen atoms in total. The zero-order valence-corrected chi connectivity index (χ0v) is 14.9. The summed E-state index contributed by atoms with van der Waals surface area (Å²) >= 11 is 0.